The van der Waals surface area contributed by atoms with Crippen molar-refractivity contribution < 1.29 is 18.8 Å². The van der Waals surface area contributed by atoms with Crippen molar-refractivity contribution in [2.75, 3.05) is 0 Å². The lowest BCUT2D eigenvalue weighted by Gasteiger charge is -2.19. The minimum absolute atomic E-state index is 0.159. The molecule has 8 heteroatoms. The summed E-state index contributed by atoms with van der Waals surface area (Å²) in [7, 11) is 0. The third-order valence-electron chi connectivity index (χ3n) is 3.41. The maximum Gasteiger partial charge on any atom is 0.305 e. The monoisotopic (exact) mass is 283 g/mol. The van der Waals surface area contributed by atoms with Crippen LogP contribution in [0.15, 0.2) is 18.2 Å². The molecule has 0 aliphatic heterocycles. The molecule has 0 radical (unpaired) electrons. The minimum Gasteiger partial charge on any atom is -0.490 e. The van der Waals surface area contributed by atoms with Gasteiger partial charge in [-0.05, 0) is 18.9 Å². The number of amides is 1. The van der Waals surface area contributed by atoms with Gasteiger partial charge in [-0.1, -0.05) is 0 Å². The van der Waals surface area contributed by atoms with Gasteiger partial charge in [-0.25, -0.2) is 0 Å². The standard InChI is InChI=1S/C12H14FN3O4/c13-9-5-7(1-2-10(9)16(18)19)20-8-3-4-12(15,6-8)11(14)17/h1-2,5,8H,3-4,6,15H2,(H2,14,17). The van der Waals surface area contributed by atoms with Crippen LogP contribution in [0.1, 0.15) is 19.3 Å². The van der Waals surface area contributed by atoms with Gasteiger partial charge in [-0.15, -0.1) is 0 Å². The molecule has 2 unspecified atom stereocenters. The highest BCUT2D eigenvalue weighted by molar-refractivity contribution is 5.84. The van der Waals surface area contributed by atoms with Crippen molar-refractivity contribution in [2.24, 2.45) is 11.5 Å². The van der Waals surface area contributed by atoms with Crippen LogP contribution in [0.4, 0.5) is 10.1 Å². The molecule has 1 saturated carbocycles. The van der Waals surface area contributed by atoms with Crippen molar-refractivity contribution in [1.82, 2.24) is 0 Å². The summed E-state index contributed by atoms with van der Waals surface area (Å²) >= 11 is 0. The molecule has 2 atom stereocenters. The van der Waals surface area contributed by atoms with E-state index >= 15 is 0 Å². The summed E-state index contributed by atoms with van der Waals surface area (Å²) in [5.74, 6) is -1.41. The van der Waals surface area contributed by atoms with E-state index in [1.807, 2.05) is 0 Å². The number of rotatable bonds is 4. The number of benzene rings is 1. The van der Waals surface area contributed by atoms with Crippen LogP contribution in [0.5, 0.6) is 5.75 Å². The van der Waals surface area contributed by atoms with Crippen molar-refractivity contribution in [3.8, 4) is 5.75 Å². The Morgan fingerprint density at radius 3 is 2.75 bits per heavy atom. The van der Waals surface area contributed by atoms with Gasteiger partial charge < -0.3 is 16.2 Å². The van der Waals surface area contributed by atoms with Gasteiger partial charge in [0.15, 0.2) is 0 Å². The molecule has 2 rings (SSSR count). The quantitative estimate of drug-likeness (QED) is 0.626. The fourth-order valence-electron chi connectivity index (χ4n) is 2.25. The zero-order chi connectivity index (χ0) is 14.9. The number of halogens is 1. The second-order valence-electron chi connectivity index (χ2n) is 4.87. The van der Waals surface area contributed by atoms with Gasteiger partial charge in [0.25, 0.3) is 0 Å². The Kier molecular flexibility index (Phi) is 3.58. The van der Waals surface area contributed by atoms with Gasteiger partial charge in [0.05, 0.1) is 10.5 Å². The lowest BCUT2D eigenvalue weighted by atomic mass is 9.99. The van der Waals surface area contributed by atoms with Crippen molar-refractivity contribution >= 4 is 11.6 Å². The van der Waals surface area contributed by atoms with Crippen LogP contribution in [0.25, 0.3) is 0 Å². The number of nitrogens with zero attached hydrogens (tertiary/aromatic N) is 1. The SMILES string of the molecule is NC(=O)C1(N)CCC(Oc2ccc([N+](=O)[O-])c(F)c2)C1. The highest BCUT2D eigenvalue weighted by Crippen LogP contribution is 2.32. The van der Waals surface area contributed by atoms with Crippen molar-refractivity contribution in [3.63, 3.8) is 0 Å². The smallest absolute Gasteiger partial charge is 0.305 e. The van der Waals surface area contributed by atoms with E-state index < -0.39 is 27.9 Å². The number of hydrogen-bond acceptors (Lipinski definition) is 5. The molecule has 1 aromatic rings. The molecule has 4 N–H and O–H groups in total. The third-order valence-corrected chi connectivity index (χ3v) is 3.41. The second-order valence-corrected chi connectivity index (χ2v) is 4.87. The van der Waals surface area contributed by atoms with Crippen molar-refractivity contribution in [2.45, 2.75) is 30.9 Å². The Morgan fingerprint density at radius 1 is 1.55 bits per heavy atom. The summed E-state index contributed by atoms with van der Waals surface area (Å²) in [4.78, 5) is 20.9. The average molecular weight is 283 g/mol. The van der Waals surface area contributed by atoms with Gasteiger partial charge in [-0.3, -0.25) is 14.9 Å². The number of nitro benzene ring substituents is 1. The molecule has 0 heterocycles. The summed E-state index contributed by atoms with van der Waals surface area (Å²) in [6, 6.07) is 3.28. The summed E-state index contributed by atoms with van der Waals surface area (Å²) in [6.45, 7) is 0. The molecule has 0 spiro atoms. The Bertz CT molecular complexity index is 566. The first kappa shape index (κ1) is 14.2. The zero-order valence-electron chi connectivity index (χ0n) is 10.5. The predicted molar refractivity (Wildman–Crippen MR) is 67.4 cm³/mol. The van der Waals surface area contributed by atoms with Gasteiger partial charge in [-0.2, -0.15) is 4.39 Å². The summed E-state index contributed by atoms with van der Waals surface area (Å²) in [5, 5.41) is 10.5. The lowest BCUT2D eigenvalue weighted by molar-refractivity contribution is -0.387. The summed E-state index contributed by atoms with van der Waals surface area (Å²) in [6.07, 6.45) is 0.773. The van der Waals surface area contributed by atoms with E-state index in [1.165, 1.54) is 6.07 Å². The van der Waals surface area contributed by atoms with Crippen LogP contribution in [0, 0.1) is 15.9 Å². The average Bonchev–Trinajstić information content (AvgIpc) is 2.72. The fraction of sp³-hybridized carbons (Fsp3) is 0.417. The lowest BCUT2D eigenvalue weighted by Crippen LogP contribution is -2.50. The maximum absolute atomic E-state index is 13.4. The van der Waals surface area contributed by atoms with E-state index in [0.717, 1.165) is 12.1 Å². The van der Waals surface area contributed by atoms with Crippen LogP contribution >= 0.6 is 0 Å². The number of primary amides is 1. The molecule has 20 heavy (non-hydrogen) atoms. The van der Waals surface area contributed by atoms with Crippen molar-refractivity contribution in [3.05, 3.63) is 34.1 Å². The van der Waals surface area contributed by atoms with Crippen LogP contribution in [0.3, 0.4) is 0 Å². The van der Waals surface area contributed by atoms with Crippen LogP contribution in [0.2, 0.25) is 0 Å². The Labute approximate surface area is 113 Å². The summed E-state index contributed by atoms with van der Waals surface area (Å²) < 4.78 is 18.9. The number of nitrogens with two attached hydrogens (primary N) is 2. The highest BCUT2D eigenvalue weighted by Gasteiger charge is 2.41. The van der Waals surface area contributed by atoms with E-state index in [4.69, 9.17) is 16.2 Å². The van der Waals surface area contributed by atoms with E-state index in [9.17, 15) is 19.3 Å². The van der Waals surface area contributed by atoms with Gasteiger partial charge in [0.1, 0.15) is 11.9 Å². The van der Waals surface area contributed by atoms with Gasteiger partial charge in [0.2, 0.25) is 11.7 Å². The van der Waals surface area contributed by atoms with Crippen molar-refractivity contribution in [1.29, 1.82) is 0 Å². The maximum atomic E-state index is 13.4. The number of ether oxygens (including phenoxy) is 1. The summed E-state index contributed by atoms with van der Waals surface area (Å²) in [5.41, 5.74) is 9.31. The molecule has 1 aliphatic carbocycles. The Morgan fingerprint density at radius 2 is 2.25 bits per heavy atom. The first-order chi connectivity index (χ1) is 9.32. The van der Waals surface area contributed by atoms with E-state index in [0.29, 0.717) is 12.8 Å². The van der Waals surface area contributed by atoms with E-state index in [2.05, 4.69) is 0 Å². The molecule has 1 aliphatic rings. The molecule has 0 bridgehead atoms. The van der Waals surface area contributed by atoms with Crippen LogP contribution in [-0.4, -0.2) is 22.5 Å². The molecule has 1 aromatic carbocycles. The fourth-order valence-corrected chi connectivity index (χ4v) is 2.25. The molecular weight excluding hydrogens is 269 g/mol. The Balaban J connectivity index is 2.07. The molecule has 108 valence electrons. The van der Waals surface area contributed by atoms with E-state index in [-0.39, 0.29) is 18.3 Å². The number of carbonyl (C=O) groups is 1. The third kappa shape index (κ3) is 2.69. The molecule has 1 fully saturated rings. The normalized spacial score (nSPS) is 25.4. The van der Waals surface area contributed by atoms with Gasteiger partial charge >= 0.3 is 5.69 Å². The largest absolute Gasteiger partial charge is 0.490 e. The van der Waals surface area contributed by atoms with E-state index in [1.54, 1.807) is 0 Å². The highest BCUT2D eigenvalue weighted by atomic mass is 19.1. The first-order valence-electron chi connectivity index (χ1n) is 6.01. The number of hydrogen-bond donors (Lipinski definition) is 2. The van der Waals surface area contributed by atoms with Crippen LogP contribution < -0.4 is 16.2 Å². The molecule has 0 aromatic heterocycles. The Hall–Kier alpha value is -2.22. The predicted octanol–water partition coefficient (Wildman–Crippen LogP) is 0.848. The second kappa shape index (κ2) is 5.04. The minimum atomic E-state index is -1.11. The zero-order valence-corrected chi connectivity index (χ0v) is 10.5. The number of carbonyl (C=O) groups excluding carboxylic acids is 1. The number of nitro groups is 1. The molecular formula is C12H14FN3O4. The molecule has 7 nitrogen and oxygen atoms in total. The molecule has 1 amide bonds. The molecule has 0 saturated heterocycles. The van der Waals surface area contributed by atoms with Crippen LogP contribution in [-0.2, 0) is 4.79 Å². The first-order valence-corrected chi connectivity index (χ1v) is 6.01. The van der Waals surface area contributed by atoms with Gasteiger partial charge in [0, 0.05) is 18.6 Å². The topological polar surface area (TPSA) is 121 Å².